The maximum absolute atomic E-state index is 13.4. The Morgan fingerprint density at radius 1 is 1.40 bits per heavy atom. The lowest BCUT2D eigenvalue weighted by atomic mass is 10.0. The predicted molar refractivity (Wildman–Crippen MR) is 67.3 cm³/mol. The summed E-state index contributed by atoms with van der Waals surface area (Å²) in [5.41, 5.74) is -0.307. The lowest BCUT2D eigenvalue weighted by molar-refractivity contribution is -0.142. The number of nitrogens with zero attached hydrogens (tertiary/aromatic N) is 1. The number of aliphatic carboxylic acids is 1. The highest BCUT2D eigenvalue weighted by Crippen LogP contribution is 2.25. The summed E-state index contributed by atoms with van der Waals surface area (Å²) >= 11 is 0. The third-order valence-electron chi connectivity index (χ3n) is 3.38. The molecule has 1 aliphatic rings. The Hall–Kier alpha value is -2.18. The Bertz CT molecular complexity index is 550. The topological polar surface area (TPSA) is 69.6 Å². The fourth-order valence-corrected chi connectivity index (χ4v) is 2.33. The Kier molecular flexibility index (Phi) is 3.87. The van der Waals surface area contributed by atoms with E-state index in [4.69, 9.17) is 5.11 Å². The molecule has 1 aliphatic heterocycles. The summed E-state index contributed by atoms with van der Waals surface area (Å²) in [6.07, 6.45) is 0.552. The molecule has 0 bridgehead atoms. The van der Waals surface area contributed by atoms with Gasteiger partial charge in [-0.05, 0) is 24.5 Å². The monoisotopic (exact) mass is 284 g/mol. The standard InChI is InChI=1S/C13H14F2N2O3/c1-7-4-5-17(11(7)12(18)19)13(20)16-10-6-8(14)2-3-9(10)15/h2-3,6-7,11H,4-5H2,1H3,(H,16,20)(H,18,19). The summed E-state index contributed by atoms with van der Waals surface area (Å²) in [4.78, 5) is 24.3. The van der Waals surface area contributed by atoms with Crippen LogP contribution in [0, 0.1) is 17.6 Å². The van der Waals surface area contributed by atoms with E-state index in [2.05, 4.69) is 5.32 Å². The van der Waals surface area contributed by atoms with E-state index in [1.54, 1.807) is 6.92 Å². The van der Waals surface area contributed by atoms with Crippen molar-refractivity contribution in [1.82, 2.24) is 4.90 Å². The number of carboxylic acid groups (broad SMARTS) is 1. The number of carbonyl (C=O) groups is 2. The number of amides is 2. The number of hydrogen-bond donors (Lipinski definition) is 2. The van der Waals surface area contributed by atoms with Crippen molar-refractivity contribution in [3.05, 3.63) is 29.8 Å². The lowest BCUT2D eigenvalue weighted by Crippen LogP contribution is -2.44. The zero-order valence-electron chi connectivity index (χ0n) is 10.8. The molecular weight excluding hydrogens is 270 g/mol. The zero-order chi connectivity index (χ0) is 14.9. The van der Waals surface area contributed by atoms with Gasteiger partial charge in [0, 0.05) is 12.6 Å². The predicted octanol–water partition coefficient (Wildman–Crippen LogP) is 2.29. The molecule has 0 radical (unpaired) electrons. The minimum Gasteiger partial charge on any atom is -0.480 e. The maximum Gasteiger partial charge on any atom is 0.326 e. The lowest BCUT2D eigenvalue weighted by Gasteiger charge is -2.23. The summed E-state index contributed by atoms with van der Waals surface area (Å²) in [6, 6.07) is 0.982. The van der Waals surface area contributed by atoms with Crippen LogP contribution in [0.4, 0.5) is 19.3 Å². The molecule has 0 aromatic heterocycles. The normalized spacial score (nSPS) is 21.9. The summed E-state index contributed by atoms with van der Waals surface area (Å²) in [6.45, 7) is 2.00. The fourth-order valence-electron chi connectivity index (χ4n) is 2.33. The molecule has 1 saturated heterocycles. The van der Waals surface area contributed by atoms with Crippen LogP contribution in [-0.2, 0) is 4.79 Å². The molecular formula is C13H14F2N2O3. The number of hydrogen-bond acceptors (Lipinski definition) is 2. The van der Waals surface area contributed by atoms with Gasteiger partial charge in [0.1, 0.15) is 17.7 Å². The molecule has 20 heavy (non-hydrogen) atoms. The van der Waals surface area contributed by atoms with Crippen molar-refractivity contribution in [2.24, 2.45) is 5.92 Å². The van der Waals surface area contributed by atoms with Crippen molar-refractivity contribution in [1.29, 1.82) is 0 Å². The second-order valence-electron chi connectivity index (χ2n) is 4.80. The van der Waals surface area contributed by atoms with Crippen molar-refractivity contribution in [2.75, 3.05) is 11.9 Å². The third-order valence-corrected chi connectivity index (χ3v) is 3.38. The van der Waals surface area contributed by atoms with Gasteiger partial charge in [-0.3, -0.25) is 0 Å². The highest BCUT2D eigenvalue weighted by molar-refractivity contribution is 5.92. The molecule has 108 valence electrons. The summed E-state index contributed by atoms with van der Waals surface area (Å²) in [5, 5.41) is 11.3. The van der Waals surface area contributed by atoms with Crippen LogP contribution in [-0.4, -0.2) is 34.6 Å². The molecule has 0 saturated carbocycles. The number of nitrogens with one attached hydrogen (secondary N) is 1. The third kappa shape index (κ3) is 2.71. The summed E-state index contributed by atoms with van der Waals surface area (Å²) in [7, 11) is 0. The highest BCUT2D eigenvalue weighted by Gasteiger charge is 2.39. The van der Waals surface area contributed by atoms with E-state index in [0.29, 0.717) is 6.42 Å². The van der Waals surface area contributed by atoms with Crippen molar-refractivity contribution < 1.29 is 23.5 Å². The van der Waals surface area contributed by atoms with E-state index < -0.39 is 29.7 Å². The van der Waals surface area contributed by atoms with Crippen LogP contribution < -0.4 is 5.32 Å². The van der Waals surface area contributed by atoms with Crippen molar-refractivity contribution >= 4 is 17.7 Å². The van der Waals surface area contributed by atoms with Gasteiger partial charge in [0.15, 0.2) is 0 Å². The highest BCUT2D eigenvalue weighted by atomic mass is 19.1. The van der Waals surface area contributed by atoms with Gasteiger partial charge in [-0.2, -0.15) is 0 Å². The van der Waals surface area contributed by atoms with Gasteiger partial charge in [-0.15, -0.1) is 0 Å². The molecule has 5 nitrogen and oxygen atoms in total. The molecule has 1 aromatic rings. The number of urea groups is 1. The van der Waals surface area contributed by atoms with Crippen molar-refractivity contribution in [2.45, 2.75) is 19.4 Å². The Labute approximate surface area is 114 Å². The molecule has 2 atom stereocenters. The first-order valence-electron chi connectivity index (χ1n) is 6.15. The second kappa shape index (κ2) is 5.44. The molecule has 2 amide bonds. The SMILES string of the molecule is CC1CCN(C(=O)Nc2cc(F)ccc2F)C1C(=O)O. The van der Waals surface area contributed by atoms with Crippen LogP contribution in [0.1, 0.15) is 13.3 Å². The number of benzene rings is 1. The first-order chi connectivity index (χ1) is 9.40. The summed E-state index contributed by atoms with van der Waals surface area (Å²) < 4.78 is 26.4. The van der Waals surface area contributed by atoms with Gasteiger partial charge >= 0.3 is 12.0 Å². The van der Waals surface area contributed by atoms with E-state index in [-0.39, 0.29) is 18.2 Å². The van der Waals surface area contributed by atoms with Gasteiger partial charge in [0.05, 0.1) is 5.69 Å². The first kappa shape index (κ1) is 14.2. The first-order valence-corrected chi connectivity index (χ1v) is 6.15. The quantitative estimate of drug-likeness (QED) is 0.875. The molecule has 1 fully saturated rings. The van der Waals surface area contributed by atoms with Crippen LogP contribution in [0.3, 0.4) is 0 Å². The Morgan fingerprint density at radius 2 is 2.10 bits per heavy atom. The van der Waals surface area contributed by atoms with E-state index in [0.717, 1.165) is 23.1 Å². The smallest absolute Gasteiger partial charge is 0.326 e. The van der Waals surface area contributed by atoms with Crippen molar-refractivity contribution in [3.63, 3.8) is 0 Å². The number of likely N-dealkylation sites (tertiary alicyclic amines) is 1. The van der Waals surface area contributed by atoms with E-state index in [9.17, 15) is 18.4 Å². The number of halogens is 2. The molecule has 1 aromatic carbocycles. The minimum absolute atomic E-state index is 0.185. The van der Waals surface area contributed by atoms with E-state index >= 15 is 0 Å². The molecule has 2 N–H and O–H groups in total. The zero-order valence-corrected chi connectivity index (χ0v) is 10.8. The summed E-state index contributed by atoms with van der Waals surface area (Å²) in [5.74, 6) is -2.76. The second-order valence-corrected chi connectivity index (χ2v) is 4.80. The van der Waals surface area contributed by atoms with Crippen LogP contribution in [0.5, 0.6) is 0 Å². The number of anilines is 1. The molecule has 7 heteroatoms. The van der Waals surface area contributed by atoms with Crippen molar-refractivity contribution in [3.8, 4) is 0 Å². The molecule has 2 rings (SSSR count). The number of carboxylic acids is 1. The molecule has 2 unspecified atom stereocenters. The van der Waals surface area contributed by atoms with Crippen LogP contribution in [0.2, 0.25) is 0 Å². The van der Waals surface area contributed by atoms with Crippen LogP contribution >= 0.6 is 0 Å². The van der Waals surface area contributed by atoms with E-state index in [1.807, 2.05) is 0 Å². The van der Waals surface area contributed by atoms with Crippen LogP contribution in [0.15, 0.2) is 18.2 Å². The minimum atomic E-state index is -1.11. The maximum atomic E-state index is 13.4. The molecule has 1 heterocycles. The largest absolute Gasteiger partial charge is 0.480 e. The Morgan fingerprint density at radius 3 is 2.75 bits per heavy atom. The fraction of sp³-hybridized carbons (Fsp3) is 0.385. The average molecular weight is 284 g/mol. The molecule has 0 aliphatic carbocycles. The van der Waals surface area contributed by atoms with Crippen LogP contribution in [0.25, 0.3) is 0 Å². The van der Waals surface area contributed by atoms with Gasteiger partial charge in [0.25, 0.3) is 0 Å². The Balaban J connectivity index is 2.16. The van der Waals surface area contributed by atoms with Gasteiger partial charge < -0.3 is 15.3 Å². The average Bonchev–Trinajstić information content (AvgIpc) is 2.76. The van der Waals surface area contributed by atoms with E-state index in [1.165, 1.54) is 0 Å². The van der Waals surface area contributed by atoms with Gasteiger partial charge in [-0.1, -0.05) is 6.92 Å². The number of rotatable bonds is 2. The molecule has 0 spiro atoms. The number of carbonyl (C=O) groups excluding carboxylic acids is 1. The van der Waals surface area contributed by atoms with Gasteiger partial charge in [-0.25, -0.2) is 18.4 Å². The van der Waals surface area contributed by atoms with Gasteiger partial charge in [0.2, 0.25) is 0 Å².